The van der Waals surface area contributed by atoms with Crippen molar-refractivity contribution < 1.29 is 13.2 Å². The standard InChI is InChI=1S/C14H18F3N/c1-2-18-12-6-4-3-5-9(12)10-7-8-11(15)14(17)13(10)16/h7-9,12,18H,2-6H2,1H3. The number of likely N-dealkylation sites (N-methyl/N-ethyl adjacent to an activating group) is 1. The Kier molecular flexibility index (Phi) is 4.27. The van der Waals surface area contributed by atoms with Crippen LogP contribution in [0.3, 0.4) is 0 Å². The van der Waals surface area contributed by atoms with Crippen LogP contribution in [0.2, 0.25) is 0 Å². The summed E-state index contributed by atoms with van der Waals surface area (Å²) in [6, 6.07) is 2.56. The lowest BCUT2D eigenvalue weighted by Crippen LogP contribution is -2.37. The van der Waals surface area contributed by atoms with Crippen molar-refractivity contribution in [2.24, 2.45) is 0 Å². The predicted octanol–water partition coefficient (Wildman–Crippen LogP) is 3.74. The Balaban J connectivity index is 2.31. The summed E-state index contributed by atoms with van der Waals surface area (Å²) in [4.78, 5) is 0. The maximum Gasteiger partial charge on any atom is 0.194 e. The second kappa shape index (κ2) is 5.74. The van der Waals surface area contributed by atoms with Crippen LogP contribution in [0.4, 0.5) is 13.2 Å². The van der Waals surface area contributed by atoms with E-state index in [1.54, 1.807) is 0 Å². The van der Waals surface area contributed by atoms with Gasteiger partial charge in [-0.05, 0) is 31.0 Å². The molecule has 18 heavy (non-hydrogen) atoms. The van der Waals surface area contributed by atoms with Gasteiger partial charge in [-0.3, -0.25) is 0 Å². The van der Waals surface area contributed by atoms with Gasteiger partial charge in [0.25, 0.3) is 0 Å². The third kappa shape index (κ3) is 2.53. The number of halogens is 3. The maximum atomic E-state index is 13.8. The molecule has 1 aliphatic carbocycles. The SMILES string of the molecule is CCNC1CCCCC1c1ccc(F)c(F)c1F. The lowest BCUT2D eigenvalue weighted by Gasteiger charge is -2.32. The zero-order chi connectivity index (χ0) is 13.1. The van der Waals surface area contributed by atoms with E-state index in [1.165, 1.54) is 6.07 Å². The molecule has 1 saturated carbocycles. The first-order valence-corrected chi connectivity index (χ1v) is 6.52. The van der Waals surface area contributed by atoms with Gasteiger partial charge in [-0.2, -0.15) is 0 Å². The quantitative estimate of drug-likeness (QED) is 0.813. The Morgan fingerprint density at radius 3 is 2.56 bits per heavy atom. The zero-order valence-corrected chi connectivity index (χ0v) is 10.5. The Labute approximate surface area is 105 Å². The highest BCUT2D eigenvalue weighted by Crippen LogP contribution is 2.35. The molecule has 1 aliphatic rings. The molecule has 0 aliphatic heterocycles. The molecule has 0 aromatic heterocycles. The van der Waals surface area contributed by atoms with E-state index in [9.17, 15) is 13.2 Å². The molecule has 0 amide bonds. The van der Waals surface area contributed by atoms with Crippen LogP contribution in [0, 0.1) is 17.5 Å². The van der Waals surface area contributed by atoms with Crippen LogP contribution in [0.15, 0.2) is 12.1 Å². The first-order valence-electron chi connectivity index (χ1n) is 6.52. The van der Waals surface area contributed by atoms with Crippen LogP contribution in [0.1, 0.15) is 44.1 Å². The van der Waals surface area contributed by atoms with Crippen LogP contribution in [0.25, 0.3) is 0 Å². The van der Waals surface area contributed by atoms with Crippen molar-refractivity contribution in [3.8, 4) is 0 Å². The number of benzene rings is 1. The van der Waals surface area contributed by atoms with Gasteiger partial charge in [-0.1, -0.05) is 25.8 Å². The van der Waals surface area contributed by atoms with E-state index >= 15 is 0 Å². The van der Waals surface area contributed by atoms with E-state index in [1.807, 2.05) is 6.92 Å². The fourth-order valence-electron chi connectivity index (χ4n) is 2.84. The van der Waals surface area contributed by atoms with E-state index in [0.717, 1.165) is 38.3 Å². The molecule has 2 rings (SSSR count). The van der Waals surface area contributed by atoms with Crippen molar-refractivity contribution in [2.75, 3.05) is 6.54 Å². The molecule has 1 N–H and O–H groups in total. The summed E-state index contributed by atoms with van der Waals surface area (Å²) < 4.78 is 40.0. The molecule has 2 unspecified atom stereocenters. The average Bonchev–Trinajstić information content (AvgIpc) is 2.38. The molecule has 0 spiro atoms. The normalized spacial score (nSPS) is 24.2. The van der Waals surface area contributed by atoms with Crippen LogP contribution >= 0.6 is 0 Å². The van der Waals surface area contributed by atoms with Gasteiger partial charge in [-0.25, -0.2) is 13.2 Å². The third-order valence-corrected chi connectivity index (χ3v) is 3.70. The van der Waals surface area contributed by atoms with E-state index in [2.05, 4.69) is 5.32 Å². The molecule has 1 aromatic rings. The highest BCUT2D eigenvalue weighted by atomic mass is 19.2. The van der Waals surface area contributed by atoms with Gasteiger partial charge in [0, 0.05) is 12.0 Å². The molecule has 0 bridgehead atoms. The summed E-state index contributed by atoms with van der Waals surface area (Å²) in [5.41, 5.74) is 0.305. The Bertz CT molecular complexity index is 418. The molecule has 0 heterocycles. The number of hydrogen-bond donors (Lipinski definition) is 1. The molecule has 0 saturated heterocycles. The fraction of sp³-hybridized carbons (Fsp3) is 0.571. The van der Waals surface area contributed by atoms with E-state index in [0.29, 0.717) is 5.56 Å². The number of nitrogens with one attached hydrogen (secondary N) is 1. The van der Waals surface area contributed by atoms with Gasteiger partial charge < -0.3 is 5.32 Å². The zero-order valence-electron chi connectivity index (χ0n) is 10.5. The summed E-state index contributed by atoms with van der Waals surface area (Å²) in [6.07, 6.45) is 3.88. The van der Waals surface area contributed by atoms with Gasteiger partial charge in [0.15, 0.2) is 17.5 Å². The van der Waals surface area contributed by atoms with Crippen LogP contribution in [0.5, 0.6) is 0 Å². The molecular weight excluding hydrogens is 239 g/mol. The van der Waals surface area contributed by atoms with Gasteiger partial charge in [0.05, 0.1) is 0 Å². The number of rotatable bonds is 3. The van der Waals surface area contributed by atoms with Crippen molar-refractivity contribution in [2.45, 2.75) is 44.6 Å². The van der Waals surface area contributed by atoms with E-state index in [-0.39, 0.29) is 12.0 Å². The van der Waals surface area contributed by atoms with Gasteiger partial charge in [0.1, 0.15) is 0 Å². The van der Waals surface area contributed by atoms with Crippen molar-refractivity contribution in [3.63, 3.8) is 0 Å². The summed E-state index contributed by atoms with van der Waals surface area (Å²) in [5, 5.41) is 3.31. The monoisotopic (exact) mass is 257 g/mol. The second-order valence-corrected chi connectivity index (χ2v) is 4.82. The topological polar surface area (TPSA) is 12.0 Å². The second-order valence-electron chi connectivity index (χ2n) is 4.82. The summed E-state index contributed by atoms with van der Waals surface area (Å²) in [6.45, 7) is 2.79. The number of hydrogen-bond acceptors (Lipinski definition) is 1. The molecule has 2 atom stereocenters. The molecule has 100 valence electrons. The van der Waals surface area contributed by atoms with Gasteiger partial charge in [-0.15, -0.1) is 0 Å². The largest absolute Gasteiger partial charge is 0.314 e. The lowest BCUT2D eigenvalue weighted by molar-refractivity contribution is 0.321. The highest BCUT2D eigenvalue weighted by molar-refractivity contribution is 5.26. The smallest absolute Gasteiger partial charge is 0.194 e. The van der Waals surface area contributed by atoms with Gasteiger partial charge in [0.2, 0.25) is 0 Å². The third-order valence-electron chi connectivity index (χ3n) is 3.70. The minimum Gasteiger partial charge on any atom is -0.314 e. The summed E-state index contributed by atoms with van der Waals surface area (Å²) >= 11 is 0. The Morgan fingerprint density at radius 2 is 1.83 bits per heavy atom. The molecular formula is C14H18F3N. The van der Waals surface area contributed by atoms with Crippen LogP contribution < -0.4 is 5.32 Å². The Morgan fingerprint density at radius 1 is 1.11 bits per heavy atom. The molecule has 0 radical (unpaired) electrons. The minimum atomic E-state index is -1.35. The maximum absolute atomic E-state index is 13.8. The van der Waals surface area contributed by atoms with Crippen LogP contribution in [-0.2, 0) is 0 Å². The van der Waals surface area contributed by atoms with E-state index in [4.69, 9.17) is 0 Å². The Hall–Kier alpha value is -1.03. The summed E-state index contributed by atoms with van der Waals surface area (Å²) in [5.74, 6) is -3.56. The van der Waals surface area contributed by atoms with Crippen molar-refractivity contribution in [1.82, 2.24) is 5.32 Å². The van der Waals surface area contributed by atoms with Gasteiger partial charge >= 0.3 is 0 Å². The van der Waals surface area contributed by atoms with Crippen molar-refractivity contribution in [3.05, 3.63) is 35.1 Å². The molecule has 1 aromatic carbocycles. The lowest BCUT2D eigenvalue weighted by atomic mass is 9.79. The summed E-state index contributed by atoms with van der Waals surface area (Å²) in [7, 11) is 0. The molecule has 4 heteroatoms. The van der Waals surface area contributed by atoms with E-state index < -0.39 is 17.5 Å². The average molecular weight is 257 g/mol. The fourth-order valence-corrected chi connectivity index (χ4v) is 2.84. The minimum absolute atomic E-state index is 0.0613. The molecule has 1 nitrogen and oxygen atoms in total. The highest BCUT2D eigenvalue weighted by Gasteiger charge is 2.29. The van der Waals surface area contributed by atoms with Crippen molar-refractivity contribution >= 4 is 0 Å². The first-order chi connectivity index (χ1) is 8.65. The van der Waals surface area contributed by atoms with Crippen molar-refractivity contribution in [1.29, 1.82) is 0 Å². The van der Waals surface area contributed by atoms with Crippen LogP contribution in [-0.4, -0.2) is 12.6 Å². The predicted molar refractivity (Wildman–Crippen MR) is 65.0 cm³/mol. The first kappa shape index (κ1) is 13.4. The molecule has 1 fully saturated rings.